The van der Waals surface area contributed by atoms with Crippen molar-refractivity contribution in [2.45, 2.75) is 25.7 Å². The molecule has 0 atom stereocenters. The van der Waals surface area contributed by atoms with E-state index in [2.05, 4.69) is 27.0 Å². The van der Waals surface area contributed by atoms with Gasteiger partial charge in [-0.1, -0.05) is 0 Å². The number of hydrogen-bond acceptors (Lipinski definition) is 4. The molecule has 1 heterocycles. The molecule has 1 aliphatic rings. The Morgan fingerprint density at radius 3 is 2.78 bits per heavy atom. The van der Waals surface area contributed by atoms with Crippen molar-refractivity contribution in [3.05, 3.63) is 21.5 Å². The van der Waals surface area contributed by atoms with Gasteiger partial charge in [-0.25, -0.2) is 4.98 Å². The highest BCUT2D eigenvalue weighted by atomic mass is 79.9. The van der Waals surface area contributed by atoms with Gasteiger partial charge in [0, 0.05) is 5.92 Å². The predicted octanol–water partition coefficient (Wildman–Crippen LogP) is 3.66. The van der Waals surface area contributed by atoms with E-state index in [4.69, 9.17) is 9.15 Å². The van der Waals surface area contributed by atoms with Gasteiger partial charge in [-0.3, -0.25) is 0 Å². The van der Waals surface area contributed by atoms with Crippen LogP contribution in [0.4, 0.5) is 0 Å². The van der Waals surface area contributed by atoms with Crippen LogP contribution < -0.4 is 4.74 Å². The molecule has 18 heavy (non-hydrogen) atoms. The van der Waals surface area contributed by atoms with E-state index in [1.165, 1.54) is 0 Å². The Kier molecular flexibility index (Phi) is 2.56. The first-order valence-electron chi connectivity index (χ1n) is 5.74. The third kappa shape index (κ3) is 1.52. The van der Waals surface area contributed by atoms with Crippen molar-refractivity contribution < 1.29 is 9.15 Å². The number of aromatic nitrogens is 1. The first-order chi connectivity index (χ1) is 8.67. The molecular weight excluding hydrogens is 296 g/mol. The van der Waals surface area contributed by atoms with Crippen molar-refractivity contribution in [2.75, 3.05) is 7.11 Å². The molecule has 5 heteroatoms. The molecule has 1 fully saturated rings. The standard InChI is InChI=1S/C13H11BrN2O2/c1-6-8(5-15)10-12(11(17-2)9(6)14)18-13(16-10)7-3-4-7/h7H,3-4H2,1-2H3. The first kappa shape index (κ1) is 11.5. The number of ether oxygens (including phenoxy) is 1. The van der Waals surface area contributed by atoms with E-state index in [0.29, 0.717) is 28.3 Å². The normalized spacial score (nSPS) is 14.8. The minimum Gasteiger partial charge on any atom is -0.492 e. The van der Waals surface area contributed by atoms with Crippen molar-refractivity contribution >= 4 is 27.0 Å². The second-order valence-electron chi connectivity index (χ2n) is 4.46. The lowest BCUT2D eigenvalue weighted by Gasteiger charge is -2.07. The Bertz CT molecular complexity index is 681. The molecule has 2 aromatic rings. The number of benzene rings is 1. The number of halogens is 1. The van der Waals surface area contributed by atoms with Gasteiger partial charge in [-0.05, 0) is 41.3 Å². The number of hydrogen-bond donors (Lipinski definition) is 0. The van der Waals surface area contributed by atoms with Crippen LogP contribution >= 0.6 is 15.9 Å². The molecule has 0 amide bonds. The fourth-order valence-corrected chi connectivity index (χ4v) is 2.58. The maximum atomic E-state index is 9.27. The highest BCUT2D eigenvalue weighted by molar-refractivity contribution is 9.10. The van der Waals surface area contributed by atoms with E-state index >= 15 is 0 Å². The Balaban J connectivity index is 2.39. The van der Waals surface area contributed by atoms with Crippen LogP contribution in [0.25, 0.3) is 11.1 Å². The second-order valence-corrected chi connectivity index (χ2v) is 5.26. The molecule has 0 aliphatic heterocycles. The van der Waals surface area contributed by atoms with Crippen LogP contribution in [0.3, 0.4) is 0 Å². The third-order valence-corrected chi connectivity index (χ3v) is 4.19. The summed E-state index contributed by atoms with van der Waals surface area (Å²) in [5.74, 6) is 1.74. The lowest BCUT2D eigenvalue weighted by molar-refractivity contribution is 0.404. The van der Waals surface area contributed by atoms with Gasteiger partial charge in [0.05, 0.1) is 17.1 Å². The summed E-state index contributed by atoms with van der Waals surface area (Å²) in [5.41, 5.74) is 2.55. The Labute approximate surface area is 113 Å². The summed E-state index contributed by atoms with van der Waals surface area (Å²) in [7, 11) is 1.59. The Morgan fingerprint density at radius 1 is 1.50 bits per heavy atom. The van der Waals surface area contributed by atoms with Crippen LogP contribution in [0.1, 0.15) is 35.8 Å². The molecule has 1 aliphatic carbocycles. The highest BCUT2D eigenvalue weighted by Crippen LogP contribution is 2.45. The lowest BCUT2D eigenvalue weighted by Crippen LogP contribution is -1.92. The molecule has 0 N–H and O–H groups in total. The van der Waals surface area contributed by atoms with E-state index < -0.39 is 0 Å². The second kappa shape index (κ2) is 3.99. The third-order valence-electron chi connectivity index (χ3n) is 3.23. The number of oxazole rings is 1. The van der Waals surface area contributed by atoms with Crippen LogP contribution in [0.15, 0.2) is 8.89 Å². The fraction of sp³-hybridized carbons (Fsp3) is 0.385. The predicted molar refractivity (Wildman–Crippen MR) is 69.7 cm³/mol. The molecule has 4 nitrogen and oxygen atoms in total. The van der Waals surface area contributed by atoms with Crippen LogP contribution in [0, 0.1) is 18.3 Å². The zero-order valence-corrected chi connectivity index (χ0v) is 11.7. The fourth-order valence-electron chi connectivity index (χ4n) is 2.04. The summed E-state index contributed by atoms with van der Waals surface area (Å²) in [4.78, 5) is 4.47. The van der Waals surface area contributed by atoms with E-state index in [0.717, 1.165) is 28.8 Å². The molecule has 92 valence electrons. The lowest BCUT2D eigenvalue weighted by atomic mass is 10.1. The van der Waals surface area contributed by atoms with Gasteiger partial charge in [0.25, 0.3) is 0 Å². The molecule has 3 rings (SSSR count). The van der Waals surface area contributed by atoms with Crippen LogP contribution in [0.5, 0.6) is 5.75 Å². The zero-order valence-electron chi connectivity index (χ0n) is 10.1. The molecule has 0 spiro atoms. The minimum atomic E-state index is 0.410. The number of nitrogens with zero attached hydrogens (tertiary/aromatic N) is 2. The van der Waals surface area contributed by atoms with E-state index in [1.54, 1.807) is 7.11 Å². The number of fused-ring (bicyclic) bond motifs is 1. The summed E-state index contributed by atoms with van der Waals surface area (Å²) < 4.78 is 11.9. The molecule has 1 saturated carbocycles. The van der Waals surface area contributed by atoms with Crippen molar-refractivity contribution in [2.24, 2.45) is 0 Å². The number of methoxy groups -OCH3 is 1. The minimum absolute atomic E-state index is 0.410. The van der Waals surface area contributed by atoms with Crippen LogP contribution in [0.2, 0.25) is 0 Å². The van der Waals surface area contributed by atoms with Crippen LogP contribution in [-0.2, 0) is 0 Å². The maximum absolute atomic E-state index is 9.27. The average molecular weight is 307 g/mol. The monoisotopic (exact) mass is 306 g/mol. The van der Waals surface area contributed by atoms with Gasteiger partial charge in [-0.15, -0.1) is 0 Å². The van der Waals surface area contributed by atoms with Gasteiger partial charge in [0.2, 0.25) is 0 Å². The van der Waals surface area contributed by atoms with Crippen molar-refractivity contribution in [3.63, 3.8) is 0 Å². The maximum Gasteiger partial charge on any atom is 0.199 e. The Morgan fingerprint density at radius 2 is 2.22 bits per heavy atom. The quantitative estimate of drug-likeness (QED) is 0.849. The van der Waals surface area contributed by atoms with Gasteiger partial charge in [-0.2, -0.15) is 5.26 Å². The topological polar surface area (TPSA) is 59.0 Å². The highest BCUT2D eigenvalue weighted by Gasteiger charge is 2.31. The summed E-state index contributed by atoms with van der Waals surface area (Å²) in [6.07, 6.45) is 2.22. The van der Waals surface area contributed by atoms with Crippen molar-refractivity contribution in [1.29, 1.82) is 5.26 Å². The first-order valence-corrected chi connectivity index (χ1v) is 6.53. The number of nitriles is 1. The molecule has 1 aromatic carbocycles. The largest absolute Gasteiger partial charge is 0.492 e. The Hall–Kier alpha value is -1.54. The van der Waals surface area contributed by atoms with E-state index in [9.17, 15) is 5.26 Å². The summed E-state index contributed by atoms with van der Waals surface area (Å²) in [6, 6.07) is 2.20. The summed E-state index contributed by atoms with van der Waals surface area (Å²) in [5, 5.41) is 9.27. The summed E-state index contributed by atoms with van der Waals surface area (Å²) >= 11 is 3.45. The molecule has 0 radical (unpaired) electrons. The molecule has 1 aromatic heterocycles. The van der Waals surface area contributed by atoms with E-state index in [-0.39, 0.29) is 0 Å². The zero-order chi connectivity index (χ0) is 12.9. The van der Waals surface area contributed by atoms with Crippen molar-refractivity contribution in [3.8, 4) is 11.8 Å². The molecular formula is C13H11BrN2O2. The van der Waals surface area contributed by atoms with Crippen molar-refractivity contribution in [1.82, 2.24) is 4.98 Å². The molecule has 0 bridgehead atoms. The van der Waals surface area contributed by atoms with E-state index in [1.807, 2.05) is 6.92 Å². The van der Waals surface area contributed by atoms with Gasteiger partial charge >= 0.3 is 0 Å². The SMILES string of the molecule is COc1c(Br)c(C)c(C#N)c2nc(C3CC3)oc12. The average Bonchev–Trinajstić information content (AvgIpc) is 3.13. The molecule has 0 unspecified atom stereocenters. The van der Waals surface area contributed by atoms with Gasteiger partial charge in [0.15, 0.2) is 17.2 Å². The smallest absolute Gasteiger partial charge is 0.199 e. The summed E-state index contributed by atoms with van der Waals surface area (Å²) in [6.45, 7) is 1.87. The van der Waals surface area contributed by atoms with Gasteiger partial charge < -0.3 is 9.15 Å². The molecule has 0 saturated heterocycles. The number of rotatable bonds is 2. The van der Waals surface area contributed by atoms with Gasteiger partial charge in [0.1, 0.15) is 11.6 Å². The van der Waals surface area contributed by atoms with Crippen LogP contribution in [-0.4, -0.2) is 12.1 Å².